The maximum Gasteiger partial charge on any atom is 0.212 e. The molecule has 0 radical (unpaired) electrons. The molecule has 1 aromatic carbocycles. The number of para-hydroxylation sites is 1. The van der Waals surface area contributed by atoms with Gasteiger partial charge in [0.15, 0.2) is 0 Å². The Balaban J connectivity index is 3.23. The number of nitrogens with two attached hydrogens (primary N) is 1. The van der Waals surface area contributed by atoms with Gasteiger partial charge in [-0.3, -0.25) is 0 Å². The molecule has 0 aromatic heterocycles. The molecule has 0 aliphatic carbocycles. The standard InChI is InChI=1S/C13H18N4/c1-4-13(2,3)17(12(15)16-10-14)11-8-6-5-7-9-11/h5-9H,4H2,1-3H3,(H2,15,16). The minimum absolute atomic E-state index is 0.189. The molecular weight excluding hydrogens is 212 g/mol. The van der Waals surface area contributed by atoms with Crippen LogP contribution in [-0.2, 0) is 0 Å². The van der Waals surface area contributed by atoms with Crippen molar-refractivity contribution < 1.29 is 0 Å². The average Bonchev–Trinajstić information content (AvgIpc) is 2.30. The van der Waals surface area contributed by atoms with E-state index in [2.05, 4.69) is 25.8 Å². The molecule has 0 spiro atoms. The van der Waals surface area contributed by atoms with Crippen molar-refractivity contribution in [1.82, 2.24) is 0 Å². The first kappa shape index (κ1) is 13.0. The predicted molar refractivity (Wildman–Crippen MR) is 70.5 cm³/mol. The molecule has 0 saturated carbocycles. The van der Waals surface area contributed by atoms with Crippen molar-refractivity contribution in [2.75, 3.05) is 4.90 Å². The monoisotopic (exact) mass is 230 g/mol. The quantitative estimate of drug-likeness (QED) is 0.493. The minimum Gasteiger partial charge on any atom is -0.369 e. The van der Waals surface area contributed by atoms with Crippen molar-refractivity contribution >= 4 is 11.6 Å². The Bertz CT molecular complexity index is 428. The third-order valence-electron chi connectivity index (χ3n) is 2.88. The molecule has 0 unspecified atom stereocenters. The van der Waals surface area contributed by atoms with Gasteiger partial charge in [0.2, 0.25) is 12.2 Å². The van der Waals surface area contributed by atoms with Crippen molar-refractivity contribution in [3.8, 4) is 6.19 Å². The summed E-state index contributed by atoms with van der Waals surface area (Å²) in [5.41, 5.74) is 6.63. The highest BCUT2D eigenvalue weighted by molar-refractivity contribution is 5.96. The fourth-order valence-electron chi connectivity index (χ4n) is 1.63. The summed E-state index contributed by atoms with van der Waals surface area (Å²) in [6, 6.07) is 9.73. The molecule has 1 rings (SSSR count). The van der Waals surface area contributed by atoms with E-state index in [1.165, 1.54) is 0 Å². The Kier molecular flexibility index (Phi) is 4.11. The van der Waals surface area contributed by atoms with Gasteiger partial charge in [-0.15, -0.1) is 4.99 Å². The summed E-state index contributed by atoms with van der Waals surface area (Å²) in [5.74, 6) is 0.227. The summed E-state index contributed by atoms with van der Waals surface area (Å²) in [6.45, 7) is 6.22. The average molecular weight is 230 g/mol. The van der Waals surface area contributed by atoms with Gasteiger partial charge in [0.1, 0.15) is 0 Å². The van der Waals surface area contributed by atoms with Crippen LogP contribution in [0.2, 0.25) is 0 Å². The number of rotatable bonds is 3. The molecule has 0 aliphatic heterocycles. The van der Waals surface area contributed by atoms with Crippen LogP contribution < -0.4 is 10.6 Å². The molecule has 4 heteroatoms. The highest BCUT2D eigenvalue weighted by atomic mass is 15.3. The van der Waals surface area contributed by atoms with Crippen LogP contribution >= 0.6 is 0 Å². The van der Waals surface area contributed by atoms with E-state index in [4.69, 9.17) is 11.0 Å². The summed E-state index contributed by atoms with van der Waals surface area (Å²) < 4.78 is 0. The van der Waals surface area contributed by atoms with Crippen LogP contribution in [0.15, 0.2) is 35.3 Å². The van der Waals surface area contributed by atoms with E-state index < -0.39 is 0 Å². The van der Waals surface area contributed by atoms with Crippen molar-refractivity contribution in [3.63, 3.8) is 0 Å². The lowest BCUT2D eigenvalue weighted by molar-refractivity contribution is 0.495. The van der Waals surface area contributed by atoms with Crippen molar-refractivity contribution in [3.05, 3.63) is 30.3 Å². The number of nitriles is 1. The maximum atomic E-state index is 8.63. The lowest BCUT2D eigenvalue weighted by Gasteiger charge is -2.38. The van der Waals surface area contributed by atoms with E-state index in [9.17, 15) is 0 Å². The largest absolute Gasteiger partial charge is 0.369 e. The lowest BCUT2D eigenvalue weighted by atomic mass is 9.98. The van der Waals surface area contributed by atoms with E-state index in [1.54, 1.807) is 6.19 Å². The smallest absolute Gasteiger partial charge is 0.212 e. The third-order valence-corrected chi connectivity index (χ3v) is 2.88. The highest BCUT2D eigenvalue weighted by Gasteiger charge is 2.27. The summed E-state index contributed by atoms with van der Waals surface area (Å²) >= 11 is 0. The topological polar surface area (TPSA) is 65.4 Å². The molecule has 0 heterocycles. The first-order chi connectivity index (χ1) is 8.03. The molecule has 0 bridgehead atoms. The molecule has 90 valence electrons. The first-order valence-electron chi connectivity index (χ1n) is 5.60. The van der Waals surface area contributed by atoms with Gasteiger partial charge >= 0.3 is 0 Å². The van der Waals surface area contributed by atoms with Crippen LogP contribution in [0.4, 0.5) is 5.69 Å². The molecule has 0 saturated heterocycles. The van der Waals surface area contributed by atoms with E-state index in [-0.39, 0.29) is 11.5 Å². The number of guanidine groups is 1. The highest BCUT2D eigenvalue weighted by Crippen LogP contribution is 2.25. The van der Waals surface area contributed by atoms with Crippen LogP contribution in [0.3, 0.4) is 0 Å². The fourth-order valence-corrected chi connectivity index (χ4v) is 1.63. The van der Waals surface area contributed by atoms with E-state index in [0.717, 1.165) is 12.1 Å². The number of benzene rings is 1. The van der Waals surface area contributed by atoms with Gasteiger partial charge in [0, 0.05) is 11.2 Å². The van der Waals surface area contributed by atoms with E-state index in [0.29, 0.717) is 0 Å². The van der Waals surface area contributed by atoms with Crippen LogP contribution in [0, 0.1) is 11.5 Å². The SMILES string of the molecule is CCC(C)(C)N(C(N)=NC#N)c1ccccc1. The van der Waals surface area contributed by atoms with Gasteiger partial charge in [-0.25, -0.2) is 0 Å². The minimum atomic E-state index is -0.189. The van der Waals surface area contributed by atoms with Gasteiger partial charge in [0.05, 0.1) is 0 Å². The van der Waals surface area contributed by atoms with E-state index >= 15 is 0 Å². The summed E-state index contributed by atoms with van der Waals surface area (Å²) in [7, 11) is 0. The number of hydrogen-bond acceptors (Lipinski definition) is 2. The second-order valence-corrected chi connectivity index (χ2v) is 4.41. The number of anilines is 1. The van der Waals surface area contributed by atoms with Gasteiger partial charge in [-0.1, -0.05) is 25.1 Å². The Labute approximate surface area is 102 Å². The van der Waals surface area contributed by atoms with Crippen LogP contribution in [0.1, 0.15) is 27.2 Å². The van der Waals surface area contributed by atoms with Gasteiger partial charge in [-0.2, -0.15) is 5.26 Å². The molecular formula is C13H18N4. The van der Waals surface area contributed by atoms with Crippen molar-refractivity contribution in [1.29, 1.82) is 5.26 Å². The normalized spacial score (nSPS) is 12.0. The number of nitrogens with zero attached hydrogens (tertiary/aromatic N) is 3. The Morgan fingerprint density at radius 3 is 2.47 bits per heavy atom. The fraction of sp³-hybridized carbons (Fsp3) is 0.385. The summed E-state index contributed by atoms with van der Waals surface area (Å²) in [4.78, 5) is 5.53. The molecule has 0 fully saturated rings. The molecule has 0 amide bonds. The summed E-state index contributed by atoms with van der Waals surface area (Å²) in [5, 5.41) is 8.63. The van der Waals surface area contributed by atoms with Crippen LogP contribution in [-0.4, -0.2) is 11.5 Å². The molecule has 17 heavy (non-hydrogen) atoms. The Morgan fingerprint density at radius 2 is 2.00 bits per heavy atom. The van der Waals surface area contributed by atoms with Gasteiger partial charge in [0.25, 0.3) is 0 Å². The molecule has 4 nitrogen and oxygen atoms in total. The Morgan fingerprint density at radius 1 is 1.41 bits per heavy atom. The zero-order chi connectivity index (χ0) is 12.9. The summed E-state index contributed by atoms with van der Waals surface area (Å²) in [6.07, 6.45) is 2.63. The Hall–Kier alpha value is -2.02. The number of aliphatic imine (C=N–C) groups is 1. The molecule has 0 aliphatic rings. The van der Waals surface area contributed by atoms with Crippen molar-refractivity contribution in [2.45, 2.75) is 32.7 Å². The maximum absolute atomic E-state index is 8.63. The lowest BCUT2D eigenvalue weighted by Crippen LogP contribution is -2.51. The second kappa shape index (κ2) is 5.35. The zero-order valence-corrected chi connectivity index (χ0v) is 10.5. The first-order valence-corrected chi connectivity index (χ1v) is 5.60. The van der Waals surface area contributed by atoms with Gasteiger partial charge < -0.3 is 10.6 Å². The molecule has 0 atom stereocenters. The zero-order valence-electron chi connectivity index (χ0n) is 10.5. The second-order valence-electron chi connectivity index (χ2n) is 4.41. The van der Waals surface area contributed by atoms with Crippen LogP contribution in [0.5, 0.6) is 0 Å². The molecule has 1 aromatic rings. The molecule has 2 N–H and O–H groups in total. The van der Waals surface area contributed by atoms with E-state index in [1.807, 2.05) is 35.2 Å². The number of hydrogen-bond donors (Lipinski definition) is 1. The van der Waals surface area contributed by atoms with Crippen LogP contribution in [0.25, 0.3) is 0 Å². The third kappa shape index (κ3) is 2.97. The van der Waals surface area contributed by atoms with Crippen molar-refractivity contribution in [2.24, 2.45) is 10.7 Å². The van der Waals surface area contributed by atoms with Gasteiger partial charge in [-0.05, 0) is 32.4 Å². The predicted octanol–water partition coefficient (Wildman–Crippen LogP) is 2.48.